The van der Waals surface area contributed by atoms with E-state index in [1.165, 1.54) is 6.08 Å². The van der Waals surface area contributed by atoms with Crippen LogP contribution in [0.2, 0.25) is 0 Å². The summed E-state index contributed by atoms with van der Waals surface area (Å²) in [6, 6.07) is 5.74. The lowest BCUT2D eigenvalue weighted by molar-refractivity contribution is -0.400. The van der Waals surface area contributed by atoms with Gasteiger partial charge < -0.3 is 14.0 Å². The highest BCUT2D eigenvalue weighted by Gasteiger charge is 2.23. The van der Waals surface area contributed by atoms with Crippen LogP contribution < -0.4 is 4.74 Å². The fourth-order valence-corrected chi connectivity index (χ4v) is 2.38. The topological polar surface area (TPSA) is 69.8 Å². The Balaban J connectivity index is 2.05. The predicted molar refractivity (Wildman–Crippen MR) is 83.4 cm³/mol. The van der Waals surface area contributed by atoms with Crippen molar-refractivity contribution in [3.63, 3.8) is 0 Å². The number of nitrogens with zero attached hydrogens (tertiary/aromatic N) is 2. The van der Waals surface area contributed by atoms with Crippen molar-refractivity contribution in [1.29, 1.82) is 0 Å². The van der Waals surface area contributed by atoms with Gasteiger partial charge in [0, 0.05) is 29.8 Å². The number of rotatable bonds is 7. The first-order valence-corrected chi connectivity index (χ1v) is 6.98. The number of hydrogen-bond donors (Lipinski definition) is 0. The third-order valence-electron chi connectivity index (χ3n) is 3.43. The Morgan fingerprint density at radius 2 is 2.36 bits per heavy atom. The second kappa shape index (κ2) is 6.03. The standard InChI is InChI=1S/C16H16N2O4/c1-2-7-17-9-12(6-8-18(19)20)16-14(17)4-3-5-15(16)22-11-13-10-21-13/h2-6,8-9,13H,1,7,10-11H2. The number of benzene rings is 1. The SMILES string of the molecule is C=CCn1cc(C=C[N+](=O)[O-])c2c(OCC3CO3)cccc21. The number of ether oxygens (including phenoxy) is 2. The Morgan fingerprint density at radius 1 is 1.55 bits per heavy atom. The maximum Gasteiger partial charge on any atom is 0.235 e. The van der Waals surface area contributed by atoms with Crippen LogP contribution in [0.25, 0.3) is 17.0 Å². The molecule has 22 heavy (non-hydrogen) atoms. The Morgan fingerprint density at radius 3 is 3.05 bits per heavy atom. The lowest BCUT2D eigenvalue weighted by Crippen LogP contribution is -2.04. The maximum absolute atomic E-state index is 10.6. The van der Waals surface area contributed by atoms with E-state index in [1.54, 1.807) is 6.08 Å². The van der Waals surface area contributed by atoms with Gasteiger partial charge >= 0.3 is 0 Å². The van der Waals surface area contributed by atoms with Gasteiger partial charge in [-0.25, -0.2) is 0 Å². The highest BCUT2D eigenvalue weighted by Crippen LogP contribution is 2.32. The van der Waals surface area contributed by atoms with E-state index in [9.17, 15) is 10.1 Å². The second-order valence-electron chi connectivity index (χ2n) is 5.04. The van der Waals surface area contributed by atoms with Crippen molar-refractivity contribution in [3.8, 4) is 5.75 Å². The van der Waals surface area contributed by atoms with E-state index in [2.05, 4.69) is 6.58 Å². The minimum absolute atomic E-state index is 0.156. The van der Waals surface area contributed by atoms with Crippen LogP contribution in [-0.4, -0.2) is 28.8 Å². The molecule has 114 valence electrons. The number of fused-ring (bicyclic) bond motifs is 1. The number of nitro groups is 1. The van der Waals surface area contributed by atoms with Crippen molar-refractivity contribution in [2.45, 2.75) is 12.6 Å². The maximum atomic E-state index is 10.6. The molecule has 1 aliphatic heterocycles. The summed E-state index contributed by atoms with van der Waals surface area (Å²) in [4.78, 5) is 10.1. The summed E-state index contributed by atoms with van der Waals surface area (Å²) in [5, 5.41) is 11.5. The first-order chi connectivity index (χ1) is 10.7. The summed E-state index contributed by atoms with van der Waals surface area (Å²) in [6.45, 7) is 5.58. The molecule has 1 atom stereocenters. The van der Waals surface area contributed by atoms with Crippen molar-refractivity contribution >= 4 is 17.0 Å². The first-order valence-electron chi connectivity index (χ1n) is 6.98. The molecular weight excluding hydrogens is 284 g/mol. The van der Waals surface area contributed by atoms with E-state index in [4.69, 9.17) is 9.47 Å². The van der Waals surface area contributed by atoms with E-state index in [1.807, 2.05) is 29.0 Å². The van der Waals surface area contributed by atoms with Crippen LogP contribution in [0.1, 0.15) is 5.56 Å². The fourth-order valence-electron chi connectivity index (χ4n) is 2.38. The molecule has 1 unspecified atom stereocenters. The Bertz CT molecular complexity index is 744. The molecule has 0 bridgehead atoms. The number of aromatic nitrogens is 1. The molecule has 0 aliphatic carbocycles. The summed E-state index contributed by atoms with van der Waals surface area (Å²) in [5.41, 5.74) is 1.71. The van der Waals surface area contributed by atoms with Crippen molar-refractivity contribution in [3.05, 3.63) is 58.9 Å². The number of hydrogen-bond acceptors (Lipinski definition) is 4. The van der Waals surface area contributed by atoms with Crippen molar-refractivity contribution in [1.82, 2.24) is 4.57 Å². The van der Waals surface area contributed by atoms with Crippen molar-refractivity contribution < 1.29 is 14.4 Å². The van der Waals surface area contributed by atoms with E-state index in [-0.39, 0.29) is 6.10 Å². The molecule has 1 aromatic carbocycles. The molecule has 1 fully saturated rings. The van der Waals surface area contributed by atoms with Crippen molar-refractivity contribution in [2.24, 2.45) is 0 Å². The smallest absolute Gasteiger partial charge is 0.235 e. The second-order valence-corrected chi connectivity index (χ2v) is 5.04. The lowest BCUT2D eigenvalue weighted by Gasteiger charge is -2.07. The molecule has 6 heteroatoms. The zero-order valence-corrected chi connectivity index (χ0v) is 12.0. The van der Waals surface area contributed by atoms with E-state index >= 15 is 0 Å². The summed E-state index contributed by atoms with van der Waals surface area (Å²) in [6.07, 6.45) is 6.23. The average Bonchev–Trinajstić information content (AvgIpc) is 3.26. The predicted octanol–water partition coefficient (Wildman–Crippen LogP) is 2.85. The minimum Gasteiger partial charge on any atom is -0.490 e. The molecule has 1 saturated heterocycles. The van der Waals surface area contributed by atoms with Gasteiger partial charge in [-0.1, -0.05) is 12.1 Å². The summed E-state index contributed by atoms with van der Waals surface area (Å²) in [7, 11) is 0. The summed E-state index contributed by atoms with van der Waals surface area (Å²) >= 11 is 0. The molecule has 2 heterocycles. The average molecular weight is 300 g/mol. The van der Waals surface area contributed by atoms with Gasteiger partial charge in [0.15, 0.2) is 0 Å². The lowest BCUT2D eigenvalue weighted by atomic mass is 10.1. The zero-order chi connectivity index (χ0) is 15.5. The largest absolute Gasteiger partial charge is 0.490 e. The van der Waals surface area contributed by atoms with Crippen LogP contribution in [0.3, 0.4) is 0 Å². The number of epoxide rings is 1. The summed E-state index contributed by atoms with van der Waals surface area (Å²) < 4.78 is 13.0. The molecule has 0 radical (unpaired) electrons. The van der Waals surface area contributed by atoms with Gasteiger partial charge in [0.1, 0.15) is 18.5 Å². The molecule has 3 rings (SSSR count). The van der Waals surface area contributed by atoms with Crippen LogP contribution in [0.15, 0.2) is 43.3 Å². The molecule has 0 saturated carbocycles. The van der Waals surface area contributed by atoms with Crippen LogP contribution >= 0.6 is 0 Å². The number of allylic oxidation sites excluding steroid dienone is 1. The van der Waals surface area contributed by atoms with E-state index in [0.29, 0.717) is 18.9 Å². The summed E-state index contributed by atoms with van der Waals surface area (Å²) in [5.74, 6) is 0.707. The van der Waals surface area contributed by atoms with Crippen molar-refractivity contribution in [2.75, 3.05) is 13.2 Å². The zero-order valence-electron chi connectivity index (χ0n) is 12.0. The van der Waals surface area contributed by atoms with Gasteiger partial charge in [0.05, 0.1) is 17.0 Å². The molecule has 2 aromatic rings. The highest BCUT2D eigenvalue weighted by molar-refractivity contribution is 5.94. The van der Waals surface area contributed by atoms with Gasteiger partial charge in [-0.05, 0) is 12.1 Å². The molecule has 1 aromatic heterocycles. The Labute approximate surface area is 127 Å². The van der Waals surface area contributed by atoms with Gasteiger partial charge in [-0.3, -0.25) is 10.1 Å². The fraction of sp³-hybridized carbons (Fsp3) is 0.250. The molecule has 6 nitrogen and oxygen atoms in total. The highest BCUT2D eigenvalue weighted by atomic mass is 16.6. The molecule has 0 spiro atoms. The Kier molecular flexibility index (Phi) is 3.93. The molecule has 1 aliphatic rings. The van der Waals surface area contributed by atoms with Gasteiger partial charge in [0.25, 0.3) is 0 Å². The third-order valence-corrected chi connectivity index (χ3v) is 3.43. The third kappa shape index (κ3) is 3.01. The van der Waals surface area contributed by atoms with Crippen LogP contribution in [0, 0.1) is 10.1 Å². The normalized spacial score (nSPS) is 17.0. The van der Waals surface area contributed by atoms with E-state index < -0.39 is 4.92 Å². The monoisotopic (exact) mass is 300 g/mol. The molecule has 0 amide bonds. The van der Waals surface area contributed by atoms with Gasteiger partial charge in [-0.2, -0.15) is 0 Å². The Hall–Kier alpha value is -2.60. The van der Waals surface area contributed by atoms with Gasteiger partial charge in [0.2, 0.25) is 6.20 Å². The first kappa shape index (κ1) is 14.3. The minimum atomic E-state index is -0.474. The van der Waals surface area contributed by atoms with E-state index in [0.717, 1.165) is 29.3 Å². The quantitative estimate of drug-likeness (QED) is 0.341. The molecule has 0 N–H and O–H groups in total. The van der Waals surface area contributed by atoms with Crippen LogP contribution in [0.4, 0.5) is 0 Å². The van der Waals surface area contributed by atoms with Gasteiger partial charge in [-0.15, -0.1) is 6.58 Å². The molecular formula is C16H16N2O4. The van der Waals surface area contributed by atoms with Crippen LogP contribution in [-0.2, 0) is 11.3 Å². The van der Waals surface area contributed by atoms with Crippen LogP contribution in [0.5, 0.6) is 5.75 Å².